The number of hydrogen-bond donors (Lipinski definition) is 1. The van der Waals surface area contributed by atoms with Crippen molar-refractivity contribution in [1.29, 1.82) is 0 Å². The van der Waals surface area contributed by atoms with Crippen LogP contribution in [0.1, 0.15) is 18.4 Å². The minimum absolute atomic E-state index is 0.0439. The van der Waals surface area contributed by atoms with Crippen LogP contribution in [-0.2, 0) is 11.3 Å². The summed E-state index contributed by atoms with van der Waals surface area (Å²) in [7, 11) is 0. The molecule has 0 unspecified atom stereocenters. The monoisotopic (exact) mass is 427 g/mol. The average molecular weight is 428 g/mol. The lowest BCUT2D eigenvalue weighted by atomic mass is 10.1. The minimum atomic E-state index is -1.41. The average Bonchev–Trinajstić information content (AvgIpc) is 3.49. The first-order valence-electron chi connectivity index (χ1n) is 9.17. The molecule has 1 aromatic heterocycles. The third kappa shape index (κ3) is 4.44. The highest BCUT2D eigenvalue weighted by Gasteiger charge is 2.36. The van der Waals surface area contributed by atoms with Crippen molar-refractivity contribution >= 4 is 40.7 Å². The third-order valence-electron chi connectivity index (χ3n) is 4.69. The van der Waals surface area contributed by atoms with Crippen molar-refractivity contribution in [2.75, 3.05) is 4.90 Å². The summed E-state index contributed by atoms with van der Waals surface area (Å²) in [6.45, 7) is 0.246. The van der Waals surface area contributed by atoms with Gasteiger partial charge in [-0.2, -0.15) is 0 Å². The zero-order chi connectivity index (χ0) is 20.4. The molecule has 0 bridgehead atoms. The number of benzene rings is 2. The molecule has 1 aliphatic carbocycles. The van der Waals surface area contributed by atoms with Crippen LogP contribution in [0, 0.1) is 5.92 Å². The van der Waals surface area contributed by atoms with Crippen LogP contribution in [0.15, 0.2) is 60.7 Å². The van der Waals surface area contributed by atoms with E-state index in [1.165, 1.54) is 11.3 Å². The van der Waals surface area contributed by atoms with E-state index >= 15 is 0 Å². The fraction of sp³-hybridized carbons (Fsp3) is 0.182. The zero-order valence-corrected chi connectivity index (χ0v) is 16.9. The van der Waals surface area contributed by atoms with E-state index in [0.29, 0.717) is 10.7 Å². The number of carboxylic acid groups (broad SMARTS) is 1. The summed E-state index contributed by atoms with van der Waals surface area (Å²) in [5, 5.41) is 9.94. The maximum atomic E-state index is 13.1. The fourth-order valence-corrected chi connectivity index (χ4v) is 4.29. The quantitative estimate of drug-likeness (QED) is 0.485. The van der Waals surface area contributed by atoms with E-state index < -0.39 is 6.16 Å². The Hall–Kier alpha value is -2.83. The molecular formula is C22H18ClNO4S. The molecule has 7 heteroatoms. The molecule has 5 nitrogen and oxygen atoms in total. The molecule has 0 spiro atoms. The van der Waals surface area contributed by atoms with Crippen LogP contribution in [0.25, 0.3) is 10.4 Å². The number of carbonyl (C=O) groups excluding carboxylic acids is 1. The van der Waals surface area contributed by atoms with Gasteiger partial charge in [0, 0.05) is 15.8 Å². The van der Waals surface area contributed by atoms with Gasteiger partial charge < -0.3 is 14.7 Å². The van der Waals surface area contributed by atoms with Gasteiger partial charge in [-0.05, 0) is 36.1 Å². The molecule has 1 saturated carbocycles. The highest BCUT2D eigenvalue weighted by molar-refractivity contribution is 7.18. The Morgan fingerprint density at radius 3 is 2.45 bits per heavy atom. The van der Waals surface area contributed by atoms with E-state index in [0.717, 1.165) is 28.8 Å². The van der Waals surface area contributed by atoms with Crippen molar-refractivity contribution in [3.05, 3.63) is 71.2 Å². The van der Waals surface area contributed by atoms with E-state index in [9.17, 15) is 14.7 Å². The van der Waals surface area contributed by atoms with Gasteiger partial charge in [-0.3, -0.25) is 4.79 Å². The molecule has 29 heavy (non-hydrogen) atoms. The number of nitrogens with zero attached hydrogens (tertiary/aromatic N) is 1. The van der Waals surface area contributed by atoms with Crippen LogP contribution < -0.4 is 9.64 Å². The minimum Gasteiger partial charge on any atom is -0.449 e. The predicted molar refractivity (Wildman–Crippen MR) is 114 cm³/mol. The summed E-state index contributed by atoms with van der Waals surface area (Å²) in [6.07, 6.45) is 0.259. The number of halogens is 1. The molecule has 2 aromatic carbocycles. The Labute approximate surface area is 177 Å². The Kier molecular flexibility index (Phi) is 5.56. The predicted octanol–water partition coefficient (Wildman–Crippen LogP) is 6.07. The van der Waals surface area contributed by atoms with Gasteiger partial charge in [-0.1, -0.05) is 71.5 Å². The largest absolute Gasteiger partial charge is 0.512 e. The standard InChI is InChI=1S/C22H18ClNO4S/c23-17-9-5-4-8-16(17)13-24(20(25)15-10-11-15)18-12-19(14-6-2-1-3-7-14)29-21(18)28-22(26)27/h1-9,12,15H,10-11,13H2,(H,26,27). The Bertz CT molecular complexity index is 1050. The van der Waals surface area contributed by atoms with Crippen molar-refractivity contribution in [3.8, 4) is 15.5 Å². The maximum absolute atomic E-state index is 13.1. The van der Waals surface area contributed by atoms with Crippen LogP contribution in [0.4, 0.5) is 10.5 Å². The van der Waals surface area contributed by atoms with E-state index in [1.54, 1.807) is 11.0 Å². The second kappa shape index (κ2) is 8.27. The molecule has 1 N–H and O–H groups in total. The molecule has 3 aromatic rings. The van der Waals surface area contributed by atoms with Gasteiger partial charge in [-0.15, -0.1) is 0 Å². The molecule has 0 atom stereocenters. The number of hydrogen-bond acceptors (Lipinski definition) is 4. The Balaban J connectivity index is 1.77. The van der Waals surface area contributed by atoms with E-state index in [1.807, 2.05) is 54.6 Å². The number of amides is 1. The summed E-state index contributed by atoms with van der Waals surface area (Å²) >= 11 is 7.52. The van der Waals surface area contributed by atoms with Crippen LogP contribution in [0.2, 0.25) is 5.02 Å². The topological polar surface area (TPSA) is 66.8 Å². The van der Waals surface area contributed by atoms with Crippen LogP contribution >= 0.6 is 22.9 Å². The molecule has 1 aliphatic rings. The number of carbonyl (C=O) groups is 2. The van der Waals surface area contributed by atoms with Crippen LogP contribution in [0.5, 0.6) is 5.06 Å². The van der Waals surface area contributed by atoms with Gasteiger partial charge in [0.15, 0.2) is 0 Å². The smallest absolute Gasteiger partial charge is 0.449 e. The molecular weight excluding hydrogens is 410 g/mol. The number of thiophene rings is 1. The highest BCUT2D eigenvalue weighted by atomic mass is 35.5. The molecule has 0 aliphatic heterocycles. The summed E-state index contributed by atoms with van der Waals surface area (Å²) < 4.78 is 5.06. The van der Waals surface area contributed by atoms with Gasteiger partial charge >= 0.3 is 6.16 Å². The molecule has 148 valence electrons. The summed E-state index contributed by atoms with van der Waals surface area (Å²) in [4.78, 5) is 26.8. The normalized spacial score (nSPS) is 13.1. The second-order valence-corrected chi connectivity index (χ2v) is 8.23. The highest BCUT2D eigenvalue weighted by Crippen LogP contribution is 2.45. The lowest BCUT2D eigenvalue weighted by Crippen LogP contribution is -2.32. The van der Waals surface area contributed by atoms with Crippen LogP contribution in [0.3, 0.4) is 0 Å². The van der Waals surface area contributed by atoms with E-state index in [-0.39, 0.29) is 23.4 Å². The first kappa shape index (κ1) is 19.5. The van der Waals surface area contributed by atoms with Gasteiger partial charge in [0.05, 0.1) is 12.2 Å². The first-order valence-corrected chi connectivity index (χ1v) is 10.4. The number of ether oxygens (including phenoxy) is 1. The molecule has 1 heterocycles. The number of anilines is 1. The second-order valence-electron chi connectivity index (χ2n) is 6.81. The van der Waals surface area contributed by atoms with E-state index in [2.05, 4.69) is 0 Å². The zero-order valence-electron chi connectivity index (χ0n) is 15.4. The SMILES string of the molecule is O=C(O)Oc1sc(-c2ccccc2)cc1N(Cc1ccccc1Cl)C(=O)C1CC1. The Morgan fingerprint density at radius 2 is 1.79 bits per heavy atom. The van der Waals surface area contributed by atoms with Crippen molar-refractivity contribution in [1.82, 2.24) is 0 Å². The van der Waals surface area contributed by atoms with Crippen molar-refractivity contribution in [2.24, 2.45) is 5.92 Å². The first-order chi connectivity index (χ1) is 14.0. The maximum Gasteiger partial charge on any atom is 0.512 e. The van der Waals surface area contributed by atoms with Gasteiger partial charge in [-0.25, -0.2) is 4.79 Å². The summed E-state index contributed by atoms with van der Waals surface area (Å²) in [5.41, 5.74) is 2.17. The van der Waals surface area contributed by atoms with Gasteiger partial charge in [0.1, 0.15) is 0 Å². The van der Waals surface area contributed by atoms with Crippen LogP contribution in [-0.4, -0.2) is 17.2 Å². The van der Waals surface area contributed by atoms with Crippen molar-refractivity contribution in [2.45, 2.75) is 19.4 Å². The fourth-order valence-electron chi connectivity index (χ4n) is 3.08. The molecule has 4 rings (SSSR count). The lowest BCUT2D eigenvalue weighted by Gasteiger charge is -2.23. The van der Waals surface area contributed by atoms with E-state index in [4.69, 9.17) is 16.3 Å². The van der Waals surface area contributed by atoms with Gasteiger partial charge in [0.25, 0.3) is 0 Å². The molecule has 0 radical (unpaired) electrons. The molecule has 1 fully saturated rings. The molecule has 1 amide bonds. The molecule has 0 saturated heterocycles. The van der Waals surface area contributed by atoms with Gasteiger partial charge in [0.2, 0.25) is 11.0 Å². The van der Waals surface area contributed by atoms with Crippen molar-refractivity contribution in [3.63, 3.8) is 0 Å². The summed E-state index contributed by atoms with van der Waals surface area (Å²) in [5.74, 6) is -0.0900. The van der Waals surface area contributed by atoms with Crippen molar-refractivity contribution < 1.29 is 19.4 Å². The number of rotatable bonds is 6. The lowest BCUT2D eigenvalue weighted by molar-refractivity contribution is -0.119. The third-order valence-corrected chi connectivity index (χ3v) is 6.11. The summed E-state index contributed by atoms with van der Waals surface area (Å²) in [6, 6.07) is 18.7. The Morgan fingerprint density at radius 1 is 1.10 bits per heavy atom.